The highest BCUT2D eigenvalue weighted by atomic mass is 16.5. The molecule has 7 heteroatoms. The van der Waals surface area contributed by atoms with Gasteiger partial charge in [-0.2, -0.15) is 0 Å². The van der Waals surface area contributed by atoms with Crippen molar-refractivity contribution in [1.29, 1.82) is 0 Å². The summed E-state index contributed by atoms with van der Waals surface area (Å²) in [7, 11) is 3.85. The van der Waals surface area contributed by atoms with Gasteiger partial charge in [0.25, 0.3) is 0 Å². The van der Waals surface area contributed by atoms with Crippen LogP contribution in [0, 0.1) is 6.92 Å². The number of anilines is 2. The maximum absolute atomic E-state index is 12.0. The molecule has 0 spiro atoms. The smallest absolute Gasteiger partial charge is 0.319 e. The van der Waals surface area contributed by atoms with Crippen molar-refractivity contribution in [3.8, 4) is 0 Å². The molecule has 0 aromatic carbocycles. The van der Waals surface area contributed by atoms with Crippen LogP contribution in [0.5, 0.6) is 0 Å². The highest BCUT2D eigenvalue weighted by Crippen LogP contribution is 2.20. The minimum atomic E-state index is -0.307. The molecule has 2 aromatic rings. The monoisotopic (exact) mass is 303 g/mol. The van der Waals surface area contributed by atoms with E-state index < -0.39 is 0 Å². The zero-order chi connectivity index (χ0) is 16.1. The number of hydrogen-bond acceptors (Lipinski definition) is 5. The van der Waals surface area contributed by atoms with E-state index in [0.29, 0.717) is 30.1 Å². The van der Waals surface area contributed by atoms with Crippen molar-refractivity contribution in [2.75, 3.05) is 24.3 Å². The summed E-state index contributed by atoms with van der Waals surface area (Å²) in [5.41, 5.74) is 2.09. The summed E-state index contributed by atoms with van der Waals surface area (Å²) in [5.74, 6) is 1.52. The molecule has 0 fully saturated rings. The molecule has 2 heterocycles. The van der Waals surface area contributed by atoms with Gasteiger partial charge in [-0.25, -0.2) is 9.78 Å². The lowest BCUT2D eigenvalue weighted by Crippen LogP contribution is -2.29. The number of rotatable bonds is 5. The van der Waals surface area contributed by atoms with E-state index in [1.165, 1.54) is 0 Å². The summed E-state index contributed by atoms with van der Waals surface area (Å²) in [6, 6.07) is 5.39. The molecule has 2 aromatic heterocycles. The Balaban J connectivity index is 1.95. The van der Waals surface area contributed by atoms with Gasteiger partial charge in [0.05, 0.1) is 12.2 Å². The number of nitrogens with one attached hydrogen (secondary N) is 2. The molecule has 0 saturated carbocycles. The lowest BCUT2D eigenvalue weighted by atomic mass is 10.2. The summed E-state index contributed by atoms with van der Waals surface area (Å²) >= 11 is 0. The third-order valence-electron chi connectivity index (χ3n) is 3.17. The molecule has 0 atom stereocenters. The summed E-state index contributed by atoms with van der Waals surface area (Å²) in [5, 5.41) is 9.41. The second-order valence-corrected chi connectivity index (χ2v) is 5.11. The third-order valence-corrected chi connectivity index (χ3v) is 3.17. The van der Waals surface area contributed by atoms with Gasteiger partial charge in [0.2, 0.25) is 0 Å². The van der Waals surface area contributed by atoms with E-state index in [0.717, 1.165) is 11.5 Å². The van der Waals surface area contributed by atoms with Crippen molar-refractivity contribution in [2.24, 2.45) is 0 Å². The van der Waals surface area contributed by atoms with E-state index in [1.807, 2.05) is 44.1 Å². The Kier molecular flexibility index (Phi) is 4.98. The van der Waals surface area contributed by atoms with E-state index in [1.54, 1.807) is 6.92 Å². The fraction of sp³-hybridized carbons (Fsp3) is 0.400. The molecular formula is C15H21N5O2. The number of urea groups is 1. The van der Waals surface area contributed by atoms with Gasteiger partial charge >= 0.3 is 6.03 Å². The van der Waals surface area contributed by atoms with Crippen LogP contribution in [0.25, 0.3) is 0 Å². The van der Waals surface area contributed by atoms with Crippen LogP contribution < -0.4 is 15.5 Å². The normalized spacial score (nSPS) is 10.4. The van der Waals surface area contributed by atoms with E-state index in [9.17, 15) is 4.79 Å². The second-order valence-electron chi connectivity index (χ2n) is 5.11. The standard InChI is InChI=1S/C15H21N5O2/c1-5-12-14(10(2)19-22-12)18-15(21)16-9-11-7-6-8-13(17-11)20(3)4/h6-8H,5,9H2,1-4H3,(H2,16,18,21). The number of aryl methyl sites for hydroxylation is 2. The van der Waals surface area contributed by atoms with Crippen LogP contribution in [-0.2, 0) is 13.0 Å². The van der Waals surface area contributed by atoms with Crippen molar-refractivity contribution in [1.82, 2.24) is 15.5 Å². The van der Waals surface area contributed by atoms with Gasteiger partial charge in [-0.1, -0.05) is 18.1 Å². The molecule has 2 rings (SSSR count). The largest absolute Gasteiger partial charge is 0.363 e. The first kappa shape index (κ1) is 15.8. The predicted molar refractivity (Wildman–Crippen MR) is 85.0 cm³/mol. The maximum Gasteiger partial charge on any atom is 0.319 e. The van der Waals surface area contributed by atoms with Crippen LogP contribution in [0.3, 0.4) is 0 Å². The van der Waals surface area contributed by atoms with Crippen LogP contribution in [-0.4, -0.2) is 30.3 Å². The number of nitrogens with zero attached hydrogens (tertiary/aromatic N) is 3. The molecule has 0 saturated heterocycles. The molecule has 0 aliphatic rings. The number of pyridine rings is 1. The summed E-state index contributed by atoms with van der Waals surface area (Å²) in [4.78, 5) is 18.4. The van der Waals surface area contributed by atoms with Crippen LogP contribution in [0.4, 0.5) is 16.3 Å². The summed E-state index contributed by atoms with van der Waals surface area (Å²) < 4.78 is 5.14. The van der Waals surface area contributed by atoms with E-state index >= 15 is 0 Å². The van der Waals surface area contributed by atoms with E-state index in [4.69, 9.17) is 4.52 Å². The van der Waals surface area contributed by atoms with Gasteiger partial charge in [0.15, 0.2) is 5.76 Å². The van der Waals surface area contributed by atoms with Crippen molar-refractivity contribution in [3.05, 3.63) is 35.3 Å². The average molecular weight is 303 g/mol. The SMILES string of the molecule is CCc1onc(C)c1NC(=O)NCc1cccc(N(C)C)n1. The van der Waals surface area contributed by atoms with Gasteiger partial charge in [-0.3, -0.25) is 0 Å². The number of aromatic nitrogens is 2. The topological polar surface area (TPSA) is 83.3 Å². The zero-order valence-electron chi connectivity index (χ0n) is 13.3. The first-order valence-corrected chi connectivity index (χ1v) is 7.14. The van der Waals surface area contributed by atoms with Crippen LogP contribution in [0.2, 0.25) is 0 Å². The Bertz CT molecular complexity index is 651. The van der Waals surface area contributed by atoms with Crippen molar-refractivity contribution < 1.29 is 9.32 Å². The number of carbonyl (C=O) groups excluding carboxylic acids is 1. The number of amides is 2. The van der Waals surface area contributed by atoms with Crippen molar-refractivity contribution >= 4 is 17.5 Å². The lowest BCUT2D eigenvalue weighted by Gasteiger charge is -2.12. The fourth-order valence-corrected chi connectivity index (χ4v) is 1.96. The van der Waals surface area contributed by atoms with Gasteiger partial charge in [-0.05, 0) is 19.1 Å². The molecule has 0 aliphatic heterocycles. The van der Waals surface area contributed by atoms with Gasteiger partial charge in [0.1, 0.15) is 17.2 Å². The Morgan fingerprint density at radius 1 is 1.36 bits per heavy atom. The third kappa shape index (κ3) is 3.75. The van der Waals surface area contributed by atoms with Crippen molar-refractivity contribution in [2.45, 2.75) is 26.8 Å². The predicted octanol–water partition coefficient (Wildman–Crippen LogP) is 2.33. The maximum atomic E-state index is 12.0. The van der Waals surface area contributed by atoms with Crippen molar-refractivity contribution in [3.63, 3.8) is 0 Å². The highest BCUT2D eigenvalue weighted by molar-refractivity contribution is 5.90. The number of hydrogen-bond donors (Lipinski definition) is 2. The average Bonchev–Trinajstić information content (AvgIpc) is 2.86. The van der Waals surface area contributed by atoms with Crippen LogP contribution >= 0.6 is 0 Å². The van der Waals surface area contributed by atoms with E-state index in [2.05, 4.69) is 20.8 Å². The lowest BCUT2D eigenvalue weighted by molar-refractivity contribution is 0.251. The molecule has 0 unspecified atom stereocenters. The first-order chi connectivity index (χ1) is 10.5. The Hall–Kier alpha value is -2.57. The zero-order valence-corrected chi connectivity index (χ0v) is 13.3. The van der Waals surface area contributed by atoms with Gasteiger partial charge in [0, 0.05) is 20.5 Å². The molecule has 0 radical (unpaired) electrons. The minimum Gasteiger partial charge on any atom is -0.363 e. The van der Waals surface area contributed by atoms with Crippen LogP contribution in [0.1, 0.15) is 24.1 Å². The van der Waals surface area contributed by atoms with Gasteiger partial charge < -0.3 is 20.1 Å². The molecule has 0 bridgehead atoms. The quantitative estimate of drug-likeness (QED) is 0.885. The molecular weight excluding hydrogens is 282 g/mol. The summed E-state index contributed by atoms with van der Waals surface area (Å²) in [6.45, 7) is 4.08. The molecule has 2 amide bonds. The molecule has 118 valence electrons. The Morgan fingerprint density at radius 3 is 2.82 bits per heavy atom. The first-order valence-electron chi connectivity index (χ1n) is 7.14. The number of carbonyl (C=O) groups is 1. The highest BCUT2D eigenvalue weighted by Gasteiger charge is 2.14. The molecule has 2 N–H and O–H groups in total. The molecule has 7 nitrogen and oxygen atoms in total. The minimum absolute atomic E-state index is 0.307. The molecule has 22 heavy (non-hydrogen) atoms. The fourth-order valence-electron chi connectivity index (χ4n) is 1.96. The molecule has 0 aliphatic carbocycles. The van der Waals surface area contributed by atoms with Crippen LogP contribution in [0.15, 0.2) is 22.7 Å². The summed E-state index contributed by atoms with van der Waals surface area (Å²) in [6.07, 6.45) is 0.670. The Morgan fingerprint density at radius 2 is 2.14 bits per heavy atom. The second kappa shape index (κ2) is 6.93. The van der Waals surface area contributed by atoms with E-state index in [-0.39, 0.29) is 6.03 Å². The van der Waals surface area contributed by atoms with Gasteiger partial charge in [-0.15, -0.1) is 0 Å². The Labute approximate surface area is 129 Å².